The van der Waals surface area contributed by atoms with E-state index in [1.165, 1.54) is 5.56 Å². The Kier molecular flexibility index (Phi) is 2.98. The molecule has 0 spiro atoms. The topological polar surface area (TPSA) is 82.3 Å². The molecule has 2 aliphatic heterocycles. The van der Waals surface area contributed by atoms with Crippen molar-refractivity contribution in [2.75, 3.05) is 18.6 Å². The van der Waals surface area contributed by atoms with Crippen molar-refractivity contribution in [3.05, 3.63) is 35.0 Å². The number of nitrogens with zero attached hydrogens (tertiary/aromatic N) is 2. The Bertz CT molecular complexity index is 685. The third-order valence-corrected chi connectivity index (χ3v) is 3.91. The highest BCUT2D eigenvalue weighted by molar-refractivity contribution is 5.62. The fourth-order valence-electron chi connectivity index (χ4n) is 2.81. The molecule has 2 aromatic rings. The summed E-state index contributed by atoms with van der Waals surface area (Å²) in [5.41, 5.74) is 6.83. The van der Waals surface area contributed by atoms with Crippen LogP contribution in [-0.4, -0.2) is 23.2 Å². The predicted octanol–water partition coefficient (Wildman–Crippen LogP) is 1.44. The molecule has 6 heteroatoms. The van der Waals surface area contributed by atoms with E-state index in [-0.39, 0.29) is 0 Å². The van der Waals surface area contributed by atoms with Crippen molar-refractivity contribution in [3.8, 4) is 17.1 Å². The Balaban J connectivity index is 1.81. The minimum Gasteiger partial charge on any atom is -0.493 e. The van der Waals surface area contributed by atoms with E-state index in [1.807, 2.05) is 12.1 Å². The van der Waals surface area contributed by atoms with Crippen LogP contribution in [-0.2, 0) is 24.2 Å². The summed E-state index contributed by atoms with van der Waals surface area (Å²) < 4.78 is 11.0. The third kappa shape index (κ3) is 2.12. The molecule has 2 aliphatic rings. The van der Waals surface area contributed by atoms with Gasteiger partial charge in [0, 0.05) is 24.0 Å². The molecule has 108 valence electrons. The first kappa shape index (κ1) is 12.6. The average Bonchev–Trinajstić information content (AvgIpc) is 3.01. The normalized spacial score (nSPS) is 16.0. The SMILES string of the molecule is NNc1nc(-c2ccc3c(c2)CCO3)nc2c1COCC2. The van der Waals surface area contributed by atoms with Gasteiger partial charge in [-0.3, -0.25) is 0 Å². The van der Waals surface area contributed by atoms with Gasteiger partial charge < -0.3 is 14.9 Å². The average molecular weight is 284 g/mol. The lowest BCUT2D eigenvalue weighted by atomic mass is 10.1. The number of nitrogens with one attached hydrogen (secondary N) is 1. The van der Waals surface area contributed by atoms with E-state index < -0.39 is 0 Å². The van der Waals surface area contributed by atoms with Crippen LogP contribution in [0.5, 0.6) is 5.75 Å². The summed E-state index contributed by atoms with van der Waals surface area (Å²) in [6.45, 7) is 1.94. The Morgan fingerprint density at radius 3 is 3.00 bits per heavy atom. The number of nitrogens with two attached hydrogens (primary N) is 1. The van der Waals surface area contributed by atoms with Gasteiger partial charge in [-0.05, 0) is 23.8 Å². The van der Waals surface area contributed by atoms with Crippen LogP contribution in [0.15, 0.2) is 18.2 Å². The molecule has 0 atom stereocenters. The van der Waals surface area contributed by atoms with Gasteiger partial charge in [0.2, 0.25) is 0 Å². The van der Waals surface area contributed by atoms with Crippen molar-refractivity contribution in [2.45, 2.75) is 19.4 Å². The lowest BCUT2D eigenvalue weighted by Gasteiger charge is -2.19. The summed E-state index contributed by atoms with van der Waals surface area (Å²) in [4.78, 5) is 9.22. The minimum absolute atomic E-state index is 0.507. The number of hydrogen-bond acceptors (Lipinski definition) is 6. The Labute approximate surface area is 122 Å². The molecule has 21 heavy (non-hydrogen) atoms. The van der Waals surface area contributed by atoms with Gasteiger partial charge in [-0.15, -0.1) is 0 Å². The van der Waals surface area contributed by atoms with E-state index in [9.17, 15) is 0 Å². The van der Waals surface area contributed by atoms with E-state index in [0.717, 1.165) is 42.0 Å². The number of ether oxygens (including phenoxy) is 2. The molecular weight excluding hydrogens is 268 g/mol. The molecule has 1 aromatic carbocycles. The Morgan fingerprint density at radius 1 is 1.14 bits per heavy atom. The van der Waals surface area contributed by atoms with Crippen molar-refractivity contribution in [1.29, 1.82) is 0 Å². The lowest BCUT2D eigenvalue weighted by molar-refractivity contribution is 0.109. The van der Waals surface area contributed by atoms with E-state index in [1.54, 1.807) is 0 Å². The second-order valence-corrected chi connectivity index (χ2v) is 5.19. The van der Waals surface area contributed by atoms with Crippen molar-refractivity contribution in [1.82, 2.24) is 9.97 Å². The van der Waals surface area contributed by atoms with Crippen LogP contribution in [0, 0.1) is 0 Å². The molecule has 0 saturated heterocycles. The number of rotatable bonds is 2. The van der Waals surface area contributed by atoms with Gasteiger partial charge in [-0.2, -0.15) is 0 Å². The summed E-state index contributed by atoms with van der Waals surface area (Å²) in [6.07, 6.45) is 1.72. The van der Waals surface area contributed by atoms with Gasteiger partial charge in [-0.25, -0.2) is 15.8 Å². The molecule has 0 unspecified atom stereocenters. The first-order chi connectivity index (χ1) is 10.3. The van der Waals surface area contributed by atoms with Crippen molar-refractivity contribution < 1.29 is 9.47 Å². The number of hydrogen-bond donors (Lipinski definition) is 2. The van der Waals surface area contributed by atoms with Crippen molar-refractivity contribution in [2.24, 2.45) is 5.84 Å². The highest BCUT2D eigenvalue weighted by Crippen LogP contribution is 2.31. The van der Waals surface area contributed by atoms with Gasteiger partial charge in [0.05, 0.1) is 25.5 Å². The first-order valence-corrected chi connectivity index (χ1v) is 7.05. The zero-order valence-corrected chi connectivity index (χ0v) is 11.6. The van der Waals surface area contributed by atoms with E-state index in [0.29, 0.717) is 24.9 Å². The van der Waals surface area contributed by atoms with Crippen LogP contribution in [0.4, 0.5) is 5.82 Å². The number of nitrogen functional groups attached to an aromatic ring is 1. The smallest absolute Gasteiger partial charge is 0.161 e. The highest BCUT2D eigenvalue weighted by Gasteiger charge is 2.19. The lowest BCUT2D eigenvalue weighted by Crippen LogP contribution is -2.19. The molecule has 0 saturated carbocycles. The van der Waals surface area contributed by atoms with E-state index >= 15 is 0 Å². The monoisotopic (exact) mass is 284 g/mol. The highest BCUT2D eigenvalue weighted by atomic mass is 16.5. The third-order valence-electron chi connectivity index (χ3n) is 3.91. The summed E-state index contributed by atoms with van der Waals surface area (Å²) in [5.74, 6) is 7.89. The zero-order valence-electron chi connectivity index (χ0n) is 11.6. The molecular formula is C15H16N4O2. The van der Waals surface area contributed by atoms with Gasteiger partial charge >= 0.3 is 0 Å². The summed E-state index contributed by atoms with van der Waals surface area (Å²) in [6, 6.07) is 6.08. The molecule has 1 aromatic heterocycles. The largest absolute Gasteiger partial charge is 0.493 e. The molecule has 0 radical (unpaired) electrons. The maximum Gasteiger partial charge on any atom is 0.161 e. The van der Waals surface area contributed by atoms with Gasteiger partial charge in [0.25, 0.3) is 0 Å². The molecule has 6 nitrogen and oxygen atoms in total. The van der Waals surface area contributed by atoms with Gasteiger partial charge in [0.1, 0.15) is 11.6 Å². The van der Waals surface area contributed by atoms with Crippen LogP contribution in [0.3, 0.4) is 0 Å². The van der Waals surface area contributed by atoms with Crippen molar-refractivity contribution in [3.63, 3.8) is 0 Å². The maximum atomic E-state index is 5.60. The summed E-state index contributed by atoms with van der Waals surface area (Å²) >= 11 is 0. The Morgan fingerprint density at radius 2 is 2.10 bits per heavy atom. The predicted molar refractivity (Wildman–Crippen MR) is 77.8 cm³/mol. The molecule has 0 amide bonds. The number of fused-ring (bicyclic) bond motifs is 2. The quantitative estimate of drug-likeness (QED) is 0.641. The second-order valence-electron chi connectivity index (χ2n) is 5.19. The standard InChI is InChI=1S/C15H16N4O2/c16-19-15-11-8-20-5-4-12(11)17-14(18-15)10-1-2-13-9(7-10)3-6-21-13/h1-2,7H,3-6,8,16H2,(H,17,18,19). The summed E-state index contributed by atoms with van der Waals surface area (Å²) in [5, 5.41) is 0. The molecule has 0 bridgehead atoms. The molecule has 3 N–H and O–H groups in total. The van der Waals surface area contributed by atoms with Gasteiger partial charge in [-0.1, -0.05) is 0 Å². The maximum absolute atomic E-state index is 5.60. The first-order valence-electron chi connectivity index (χ1n) is 7.05. The molecule has 0 fully saturated rings. The van der Waals surface area contributed by atoms with E-state index in [4.69, 9.17) is 20.3 Å². The van der Waals surface area contributed by atoms with E-state index in [2.05, 4.69) is 16.5 Å². The van der Waals surface area contributed by atoms with Crippen molar-refractivity contribution >= 4 is 5.82 Å². The van der Waals surface area contributed by atoms with Crippen LogP contribution in [0.25, 0.3) is 11.4 Å². The number of aromatic nitrogens is 2. The van der Waals surface area contributed by atoms with Gasteiger partial charge in [0.15, 0.2) is 5.82 Å². The zero-order chi connectivity index (χ0) is 14.2. The van der Waals surface area contributed by atoms with Crippen LogP contribution >= 0.6 is 0 Å². The fourth-order valence-corrected chi connectivity index (χ4v) is 2.81. The molecule has 0 aliphatic carbocycles. The number of benzene rings is 1. The van der Waals surface area contributed by atoms with Crippen LogP contribution in [0.2, 0.25) is 0 Å². The van der Waals surface area contributed by atoms with Crippen LogP contribution < -0.4 is 16.0 Å². The Hall–Kier alpha value is -2.18. The second kappa shape index (κ2) is 4.98. The number of hydrazine groups is 1. The number of anilines is 1. The fraction of sp³-hybridized carbons (Fsp3) is 0.333. The molecule has 4 rings (SSSR count). The minimum atomic E-state index is 0.507. The summed E-state index contributed by atoms with van der Waals surface area (Å²) in [7, 11) is 0. The van der Waals surface area contributed by atoms with Crippen LogP contribution in [0.1, 0.15) is 16.8 Å². The molecule has 3 heterocycles.